The van der Waals surface area contributed by atoms with E-state index >= 15 is 0 Å². The average molecular weight is 202 g/mol. The van der Waals surface area contributed by atoms with Gasteiger partial charge in [0.15, 0.2) is 0 Å². The Kier molecular flexibility index (Phi) is 4.06. The molecule has 0 atom stereocenters. The Morgan fingerprint density at radius 1 is 1.47 bits per heavy atom. The average Bonchev–Trinajstić information content (AvgIpc) is 2.18. The van der Waals surface area contributed by atoms with E-state index in [0.717, 1.165) is 11.8 Å². The van der Waals surface area contributed by atoms with E-state index in [1.54, 1.807) is 30.3 Å². The van der Waals surface area contributed by atoms with E-state index < -0.39 is 0 Å². The van der Waals surface area contributed by atoms with Gasteiger partial charge in [-0.05, 0) is 5.56 Å². The number of nitrogens with zero attached hydrogens (tertiary/aromatic N) is 1. The molecule has 0 aliphatic heterocycles. The van der Waals surface area contributed by atoms with Crippen LogP contribution in [0.5, 0.6) is 0 Å². The summed E-state index contributed by atoms with van der Waals surface area (Å²) in [5.74, 6) is 0. The van der Waals surface area contributed by atoms with Crippen molar-refractivity contribution in [1.29, 1.82) is 0 Å². The SMILES string of the molecule is [B]c1ccc(C=O)c(CN(C)NC=O)c1. The molecule has 0 fully saturated rings. The molecule has 0 unspecified atom stereocenters. The van der Waals surface area contributed by atoms with Crippen LogP contribution in [-0.4, -0.2) is 32.6 Å². The minimum atomic E-state index is 0.428. The maximum atomic E-state index is 10.7. The van der Waals surface area contributed by atoms with E-state index in [-0.39, 0.29) is 0 Å². The first-order chi connectivity index (χ1) is 7.17. The molecule has 1 amide bonds. The van der Waals surface area contributed by atoms with Crippen molar-refractivity contribution in [3.63, 3.8) is 0 Å². The summed E-state index contributed by atoms with van der Waals surface area (Å²) in [6, 6.07) is 5.04. The fourth-order valence-corrected chi connectivity index (χ4v) is 1.27. The lowest BCUT2D eigenvalue weighted by molar-refractivity contribution is -0.113. The van der Waals surface area contributed by atoms with Gasteiger partial charge in [-0.15, -0.1) is 0 Å². The van der Waals surface area contributed by atoms with E-state index in [4.69, 9.17) is 7.85 Å². The van der Waals surface area contributed by atoms with Crippen molar-refractivity contribution in [2.24, 2.45) is 0 Å². The van der Waals surface area contributed by atoms with Crippen LogP contribution in [0.1, 0.15) is 15.9 Å². The number of nitrogens with one attached hydrogen (secondary N) is 1. The van der Waals surface area contributed by atoms with Crippen LogP contribution in [-0.2, 0) is 11.3 Å². The Morgan fingerprint density at radius 2 is 2.20 bits per heavy atom. The van der Waals surface area contributed by atoms with Gasteiger partial charge in [0.2, 0.25) is 6.41 Å². The highest BCUT2D eigenvalue weighted by Gasteiger charge is 2.04. The molecule has 5 heteroatoms. The van der Waals surface area contributed by atoms with Gasteiger partial charge in [0.1, 0.15) is 14.1 Å². The number of hydrazine groups is 1. The Morgan fingerprint density at radius 3 is 2.80 bits per heavy atom. The third-order valence-corrected chi connectivity index (χ3v) is 1.97. The Labute approximate surface area is 89.6 Å². The maximum absolute atomic E-state index is 10.7. The largest absolute Gasteiger partial charge is 0.298 e. The first kappa shape index (κ1) is 11.5. The second-order valence-corrected chi connectivity index (χ2v) is 3.18. The van der Waals surface area contributed by atoms with Crippen LogP contribution in [0.3, 0.4) is 0 Å². The molecule has 4 nitrogen and oxygen atoms in total. The van der Waals surface area contributed by atoms with Gasteiger partial charge in [-0.2, -0.15) is 0 Å². The highest BCUT2D eigenvalue weighted by atomic mass is 16.1. The van der Waals surface area contributed by atoms with Crippen molar-refractivity contribution < 1.29 is 9.59 Å². The molecular weight excluding hydrogens is 191 g/mol. The molecule has 0 aliphatic carbocycles. The second-order valence-electron chi connectivity index (χ2n) is 3.18. The van der Waals surface area contributed by atoms with Crippen molar-refractivity contribution in [1.82, 2.24) is 10.4 Å². The third-order valence-electron chi connectivity index (χ3n) is 1.97. The molecule has 0 aliphatic rings. The summed E-state index contributed by atoms with van der Waals surface area (Å²) in [5, 5.41) is 1.56. The number of aldehydes is 1. The zero-order valence-corrected chi connectivity index (χ0v) is 8.43. The molecule has 0 aromatic heterocycles. The van der Waals surface area contributed by atoms with Crippen molar-refractivity contribution >= 4 is 26.0 Å². The zero-order valence-electron chi connectivity index (χ0n) is 8.43. The van der Waals surface area contributed by atoms with Crippen LogP contribution in [0.2, 0.25) is 0 Å². The molecule has 1 aromatic rings. The number of carbonyl (C=O) groups is 2. The van der Waals surface area contributed by atoms with E-state index in [0.29, 0.717) is 24.0 Å². The topological polar surface area (TPSA) is 49.4 Å². The molecule has 1 N–H and O–H groups in total. The molecule has 15 heavy (non-hydrogen) atoms. The van der Waals surface area contributed by atoms with Crippen molar-refractivity contribution in [3.05, 3.63) is 29.3 Å². The second kappa shape index (κ2) is 5.31. The smallest absolute Gasteiger partial charge is 0.221 e. The van der Waals surface area contributed by atoms with Crippen LogP contribution < -0.4 is 10.9 Å². The van der Waals surface area contributed by atoms with Gasteiger partial charge >= 0.3 is 0 Å². The summed E-state index contributed by atoms with van der Waals surface area (Å²) in [6.45, 7) is 0.428. The number of benzene rings is 1. The van der Waals surface area contributed by atoms with Crippen LogP contribution in [0.15, 0.2) is 18.2 Å². The Bertz CT molecular complexity index is 368. The molecule has 76 valence electrons. The summed E-state index contributed by atoms with van der Waals surface area (Å²) in [4.78, 5) is 20.9. The predicted octanol–water partition coefficient (Wildman–Crippen LogP) is -0.614. The van der Waals surface area contributed by atoms with Gasteiger partial charge in [-0.1, -0.05) is 23.7 Å². The number of rotatable bonds is 5. The highest BCUT2D eigenvalue weighted by molar-refractivity contribution is 6.32. The highest BCUT2D eigenvalue weighted by Crippen LogP contribution is 2.06. The number of carbonyl (C=O) groups excluding carboxylic acids is 2. The summed E-state index contributed by atoms with van der Waals surface area (Å²) < 4.78 is 0. The minimum Gasteiger partial charge on any atom is -0.298 e. The molecule has 0 spiro atoms. The summed E-state index contributed by atoms with van der Waals surface area (Å²) in [7, 11) is 7.31. The lowest BCUT2D eigenvalue weighted by atomic mass is 9.92. The zero-order chi connectivity index (χ0) is 11.3. The van der Waals surface area contributed by atoms with Gasteiger partial charge in [-0.25, -0.2) is 5.01 Å². The van der Waals surface area contributed by atoms with E-state index in [2.05, 4.69) is 5.43 Å². The van der Waals surface area contributed by atoms with Crippen LogP contribution in [0.4, 0.5) is 0 Å². The predicted molar refractivity (Wildman–Crippen MR) is 57.9 cm³/mol. The molecule has 0 heterocycles. The standard InChI is InChI=1S/C10H11BN2O2/c1-13(12-7-15)5-9-4-10(11)3-2-8(9)6-14/h2-4,6-7H,5H2,1H3,(H,12,15). The van der Waals surface area contributed by atoms with Crippen LogP contribution in [0.25, 0.3) is 0 Å². The fourth-order valence-electron chi connectivity index (χ4n) is 1.27. The van der Waals surface area contributed by atoms with Crippen molar-refractivity contribution in [3.8, 4) is 0 Å². The normalized spacial score (nSPS) is 10.0. The maximum Gasteiger partial charge on any atom is 0.221 e. The van der Waals surface area contributed by atoms with E-state index in [1.807, 2.05) is 0 Å². The number of amides is 1. The molecule has 1 aromatic carbocycles. The summed E-state index contributed by atoms with van der Waals surface area (Å²) >= 11 is 0. The molecule has 2 radical (unpaired) electrons. The van der Waals surface area contributed by atoms with E-state index in [1.165, 1.54) is 0 Å². The third kappa shape index (κ3) is 3.21. The van der Waals surface area contributed by atoms with E-state index in [9.17, 15) is 9.59 Å². The first-order valence-electron chi connectivity index (χ1n) is 4.42. The van der Waals surface area contributed by atoms with Gasteiger partial charge in [-0.3, -0.25) is 15.0 Å². The molecule has 0 saturated heterocycles. The van der Waals surface area contributed by atoms with Gasteiger partial charge < -0.3 is 0 Å². The summed E-state index contributed by atoms with van der Waals surface area (Å²) in [5.41, 5.74) is 4.41. The lowest BCUT2D eigenvalue weighted by Gasteiger charge is -2.16. The molecule has 1 rings (SSSR count). The van der Waals surface area contributed by atoms with Crippen LogP contribution >= 0.6 is 0 Å². The van der Waals surface area contributed by atoms with Gasteiger partial charge in [0, 0.05) is 19.2 Å². The van der Waals surface area contributed by atoms with Crippen LogP contribution in [0, 0.1) is 0 Å². The Balaban J connectivity index is 2.86. The number of hydrogen-bond donors (Lipinski definition) is 1. The van der Waals surface area contributed by atoms with Crippen molar-refractivity contribution in [2.75, 3.05) is 7.05 Å². The van der Waals surface area contributed by atoms with Gasteiger partial charge in [0.25, 0.3) is 0 Å². The quantitative estimate of drug-likeness (QED) is 0.393. The first-order valence-corrected chi connectivity index (χ1v) is 4.42. The monoisotopic (exact) mass is 202 g/mol. The lowest BCUT2D eigenvalue weighted by Crippen LogP contribution is -2.33. The summed E-state index contributed by atoms with van der Waals surface area (Å²) in [6.07, 6.45) is 1.34. The fraction of sp³-hybridized carbons (Fsp3) is 0.200. The van der Waals surface area contributed by atoms with Crippen molar-refractivity contribution in [2.45, 2.75) is 6.54 Å². The number of hydrogen-bond acceptors (Lipinski definition) is 3. The molecular formula is C10H11BN2O2. The minimum absolute atomic E-state index is 0.428. The molecule has 0 bridgehead atoms. The van der Waals surface area contributed by atoms with Gasteiger partial charge in [0.05, 0.1) is 0 Å². The molecule has 0 saturated carbocycles. The Hall–Kier alpha value is -1.62.